The number of imide groups is 1. The molecule has 2 aliphatic heterocycles. The maximum Gasteiger partial charge on any atom is 0.342 e. The van der Waals surface area contributed by atoms with E-state index in [1.807, 2.05) is 0 Å². The van der Waals surface area contributed by atoms with Crippen molar-refractivity contribution in [1.82, 2.24) is 9.21 Å². The highest BCUT2D eigenvalue weighted by Gasteiger charge is 2.36. The number of sulfonamides is 1. The Morgan fingerprint density at radius 1 is 1.03 bits per heavy atom. The molecule has 162 valence electrons. The predicted molar refractivity (Wildman–Crippen MR) is 103 cm³/mol. The summed E-state index contributed by atoms with van der Waals surface area (Å²) in [5, 5.41) is 0. The number of esters is 1. The number of halogens is 1. The zero-order chi connectivity index (χ0) is 22.2. The van der Waals surface area contributed by atoms with Gasteiger partial charge in [0.05, 0.1) is 34.8 Å². The Labute approximate surface area is 177 Å². The van der Waals surface area contributed by atoms with Crippen LogP contribution < -0.4 is 0 Å². The standard InChI is InChI=1S/C20H17FN2O7S/c21-17-6-5-13(31(27,28)22-7-9-29-10-8-22)11-16(17)20(26)30-12-23-18(24)14-3-1-2-4-15(14)19(23)25/h1-6,11H,7-10,12H2. The van der Waals surface area contributed by atoms with E-state index in [1.165, 1.54) is 16.4 Å². The van der Waals surface area contributed by atoms with Gasteiger partial charge < -0.3 is 9.47 Å². The molecule has 9 nitrogen and oxygen atoms in total. The number of hydrogen-bond donors (Lipinski definition) is 0. The van der Waals surface area contributed by atoms with Crippen LogP contribution in [-0.4, -0.2) is 68.4 Å². The summed E-state index contributed by atoms with van der Waals surface area (Å²) in [5.41, 5.74) is -0.271. The minimum atomic E-state index is -3.96. The number of nitrogens with zero attached hydrogens (tertiary/aromatic N) is 2. The molecule has 0 aliphatic carbocycles. The Balaban J connectivity index is 1.51. The lowest BCUT2D eigenvalue weighted by Crippen LogP contribution is -2.40. The third-order valence-electron chi connectivity index (χ3n) is 4.97. The van der Waals surface area contributed by atoms with Crippen molar-refractivity contribution in [2.24, 2.45) is 0 Å². The van der Waals surface area contributed by atoms with Gasteiger partial charge in [0.15, 0.2) is 6.73 Å². The first-order valence-electron chi connectivity index (χ1n) is 9.30. The first-order chi connectivity index (χ1) is 14.8. The molecule has 0 bridgehead atoms. The molecule has 2 heterocycles. The highest BCUT2D eigenvalue weighted by Crippen LogP contribution is 2.24. The van der Waals surface area contributed by atoms with Crippen molar-refractivity contribution >= 4 is 27.8 Å². The molecule has 1 saturated heterocycles. The molecule has 31 heavy (non-hydrogen) atoms. The van der Waals surface area contributed by atoms with E-state index in [1.54, 1.807) is 12.1 Å². The van der Waals surface area contributed by atoms with Crippen molar-refractivity contribution in [3.8, 4) is 0 Å². The molecule has 1 fully saturated rings. The van der Waals surface area contributed by atoms with E-state index >= 15 is 0 Å². The predicted octanol–water partition coefficient (Wildman–Crippen LogP) is 1.26. The summed E-state index contributed by atoms with van der Waals surface area (Å²) < 4.78 is 51.0. The molecular weight excluding hydrogens is 431 g/mol. The fourth-order valence-electron chi connectivity index (χ4n) is 3.31. The number of rotatable bonds is 5. The van der Waals surface area contributed by atoms with Crippen LogP contribution >= 0.6 is 0 Å². The van der Waals surface area contributed by atoms with E-state index in [0.717, 1.165) is 23.1 Å². The summed E-state index contributed by atoms with van der Waals surface area (Å²) in [6.45, 7) is 0.00866. The second-order valence-corrected chi connectivity index (χ2v) is 8.74. The molecular formula is C20H17FN2O7S. The normalized spacial score (nSPS) is 17.0. The third kappa shape index (κ3) is 3.82. The lowest BCUT2D eigenvalue weighted by atomic mass is 10.1. The van der Waals surface area contributed by atoms with Crippen molar-refractivity contribution in [3.63, 3.8) is 0 Å². The fraction of sp³-hybridized carbons (Fsp3) is 0.250. The number of carbonyl (C=O) groups excluding carboxylic acids is 3. The van der Waals surface area contributed by atoms with Crippen molar-refractivity contribution in [1.29, 1.82) is 0 Å². The highest BCUT2D eigenvalue weighted by molar-refractivity contribution is 7.89. The van der Waals surface area contributed by atoms with Crippen LogP contribution in [0.1, 0.15) is 31.1 Å². The molecule has 2 aliphatic rings. The SMILES string of the molecule is O=C(OCN1C(=O)c2ccccc2C1=O)c1cc(S(=O)(=O)N2CCOCC2)ccc1F. The van der Waals surface area contributed by atoms with E-state index in [2.05, 4.69) is 0 Å². The van der Waals surface area contributed by atoms with Crippen LogP contribution in [0.3, 0.4) is 0 Å². The molecule has 0 aromatic heterocycles. The maximum atomic E-state index is 14.2. The monoisotopic (exact) mass is 448 g/mol. The van der Waals surface area contributed by atoms with Crippen LogP contribution in [0.15, 0.2) is 47.4 Å². The van der Waals surface area contributed by atoms with Gasteiger partial charge in [-0.25, -0.2) is 22.5 Å². The Bertz CT molecular complexity index is 1140. The van der Waals surface area contributed by atoms with Gasteiger partial charge in [-0.3, -0.25) is 9.59 Å². The molecule has 0 saturated carbocycles. The van der Waals surface area contributed by atoms with Crippen LogP contribution in [0.25, 0.3) is 0 Å². The quantitative estimate of drug-likeness (QED) is 0.500. The third-order valence-corrected chi connectivity index (χ3v) is 6.86. The Morgan fingerprint density at radius 2 is 1.65 bits per heavy atom. The summed E-state index contributed by atoms with van der Waals surface area (Å²) in [7, 11) is -3.96. The highest BCUT2D eigenvalue weighted by atomic mass is 32.2. The van der Waals surface area contributed by atoms with Gasteiger partial charge >= 0.3 is 5.97 Å². The average molecular weight is 448 g/mol. The van der Waals surface area contributed by atoms with E-state index in [9.17, 15) is 27.2 Å². The molecule has 0 radical (unpaired) electrons. The topological polar surface area (TPSA) is 110 Å². The van der Waals surface area contributed by atoms with Gasteiger partial charge in [0.25, 0.3) is 11.8 Å². The van der Waals surface area contributed by atoms with Crippen molar-refractivity contribution < 1.29 is 36.7 Å². The Kier molecular flexibility index (Phi) is 5.56. The molecule has 4 rings (SSSR count). The zero-order valence-electron chi connectivity index (χ0n) is 16.1. The first kappa shape index (κ1) is 21.1. The molecule has 2 aromatic rings. The number of fused-ring (bicyclic) bond motifs is 1. The maximum absolute atomic E-state index is 14.2. The second kappa shape index (κ2) is 8.17. The van der Waals surface area contributed by atoms with Gasteiger partial charge in [0.2, 0.25) is 10.0 Å². The Hall–Kier alpha value is -3.15. The molecule has 2 aromatic carbocycles. The summed E-state index contributed by atoms with van der Waals surface area (Å²) in [6, 6.07) is 8.91. The first-order valence-corrected chi connectivity index (χ1v) is 10.7. The van der Waals surface area contributed by atoms with Gasteiger partial charge in [-0.1, -0.05) is 12.1 Å². The number of carbonyl (C=O) groups is 3. The fourth-order valence-corrected chi connectivity index (χ4v) is 4.75. The van der Waals surface area contributed by atoms with E-state index in [4.69, 9.17) is 9.47 Å². The molecule has 11 heteroatoms. The number of morpholine rings is 1. The number of ether oxygens (including phenoxy) is 2. The Morgan fingerprint density at radius 3 is 2.26 bits per heavy atom. The number of amides is 2. The largest absolute Gasteiger partial charge is 0.440 e. The molecule has 0 N–H and O–H groups in total. The molecule has 2 amide bonds. The lowest BCUT2D eigenvalue weighted by Gasteiger charge is -2.26. The summed E-state index contributed by atoms with van der Waals surface area (Å²) in [5.74, 6) is -3.48. The number of hydrogen-bond acceptors (Lipinski definition) is 7. The smallest absolute Gasteiger partial charge is 0.342 e. The van der Waals surface area contributed by atoms with Gasteiger partial charge in [-0.15, -0.1) is 0 Å². The van der Waals surface area contributed by atoms with Gasteiger partial charge in [-0.05, 0) is 30.3 Å². The van der Waals surface area contributed by atoms with E-state index in [0.29, 0.717) is 0 Å². The average Bonchev–Trinajstić information content (AvgIpc) is 3.03. The van der Waals surface area contributed by atoms with Crippen molar-refractivity contribution in [2.75, 3.05) is 33.0 Å². The van der Waals surface area contributed by atoms with Crippen molar-refractivity contribution in [2.45, 2.75) is 4.90 Å². The lowest BCUT2D eigenvalue weighted by molar-refractivity contribution is 0.0224. The zero-order valence-corrected chi connectivity index (χ0v) is 16.9. The molecule has 0 unspecified atom stereocenters. The van der Waals surface area contributed by atoms with Crippen molar-refractivity contribution in [3.05, 3.63) is 65.0 Å². The van der Waals surface area contributed by atoms with Gasteiger partial charge in [0.1, 0.15) is 5.82 Å². The summed E-state index contributed by atoms with van der Waals surface area (Å²) in [4.78, 5) is 37.5. The van der Waals surface area contributed by atoms with Crippen LogP contribution in [0.4, 0.5) is 4.39 Å². The van der Waals surface area contributed by atoms with Gasteiger partial charge in [0, 0.05) is 13.1 Å². The summed E-state index contributed by atoms with van der Waals surface area (Å²) >= 11 is 0. The van der Waals surface area contributed by atoms with E-state index in [-0.39, 0.29) is 42.3 Å². The van der Waals surface area contributed by atoms with Crippen LogP contribution in [-0.2, 0) is 19.5 Å². The molecule has 0 spiro atoms. The van der Waals surface area contributed by atoms with Crippen LogP contribution in [0.5, 0.6) is 0 Å². The van der Waals surface area contributed by atoms with Crippen LogP contribution in [0.2, 0.25) is 0 Å². The molecule has 0 atom stereocenters. The second-order valence-electron chi connectivity index (χ2n) is 6.80. The van der Waals surface area contributed by atoms with E-state index < -0.39 is 45.9 Å². The summed E-state index contributed by atoms with van der Waals surface area (Å²) in [6.07, 6.45) is 0. The van der Waals surface area contributed by atoms with Crippen LogP contribution in [0, 0.1) is 5.82 Å². The minimum Gasteiger partial charge on any atom is -0.440 e. The van der Waals surface area contributed by atoms with Gasteiger partial charge in [-0.2, -0.15) is 4.31 Å². The minimum absolute atomic E-state index is 0.138. The number of benzene rings is 2.